The van der Waals surface area contributed by atoms with E-state index in [1.54, 1.807) is 0 Å². The van der Waals surface area contributed by atoms with Gasteiger partial charge in [0.2, 0.25) is 5.91 Å². The molecule has 1 aliphatic heterocycles. The number of rotatable bonds is 1. The van der Waals surface area contributed by atoms with Crippen LogP contribution < -0.4 is 5.32 Å². The van der Waals surface area contributed by atoms with Gasteiger partial charge in [-0.25, -0.2) is 0 Å². The molecule has 1 unspecified atom stereocenters. The molecule has 2 heteroatoms. The van der Waals surface area contributed by atoms with Gasteiger partial charge in [0.05, 0.1) is 0 Å². The molecule has 0 aromatic rings. The number of amides is 1. The number of carbonyl (C=O) groups excluding carboxylic acids is 1. The predicted molar refractivity (Wildman–Crippen MR) is 59.0 cm³/mol. The topological polar surface area (TPSA) is 29.1 Å². The van der Waals surface area contributed by atoms with Crippen molar-refractivity contribution < 1.29 is 4.79 Å². The summed E-state index contributed by atoms with van der Waals surface area (Å²) < 4.78 is 0. The molecular weight excluding hydrogens is 174 g/mol. The highest BCUT2D eigenvalue weighted by Crippen LogP contribution is 2.31. The van der Waals surface area contributed by atoms with Crippen molar-refractivity contribution in [1.82, 2.24) is 5.32 Å². The Balaban J connectivity index is 2.60. The van der Waals surface area contributed by atoms with Gasteiger partial charge in [-0.15, -0.1) is 0 Å². The van der Waals surface area contributed by atoms with E-state index < -0.39 is 0 Å². The predicted octanol–water partition coefficient (Wildman–Crippen LogP) is 2.58. The van der Waals surface area contributed by atoms with E-state index in [1.165, 1.54) is 6.42 Å². The highest BCUT2D eigenvalue weighted by Gasteiger charge is 2.30. The first-order valence-electron chi connectivity index (χ1n) is 5.72. The Morgan fingerprint density at radius 3 is 2.57 bits per heavy atom. The molecule has 1 atom stereocenters. The summed E-state index contributed by atoms with van der Waals surface area (Å²) in [6, 6.07) is 0. The molecule has 0 saturated carbocycles. The first-order valence-corrected chi connectivity index (χ1v) is 5.72. The van der Waals surface area contributed by atoms with Crippen LogP contribution in [0.15, 0.2) is 0 Å². The van der Waals surface area contributed by atoms with Gasteiger partial charge in [0.25, 0.3) is 0 Å². The summed E-state index contributed by atoms with van der Waals surface area (Å²) in [5, 5.41) is 3.02. The van der Waals surface area contributed by atoms with Crippen LogP contribution in [0.25, 0.3) is 0 Å². The first kappa shape index (κ1) is 11.5. The second-order valence-electron chi connectivity index (χ2n) is 5.47. The van der Waals surface area contributed by atoms with Gasteiger partial charge in [-0.05, 0) is 31.1 Å². The van der Waals surface area contributed by atoms with Gasteiger partial charge in [0.1, 0.15) is 0 Å². The summed E-state index contributed by atoms with van der Waals surface area (Å²) in [5.41, 5.74) is -0.173. The summed E-state index contributed by atoms with van der Waals surface area (Å²) in [6.07, 6.45) is 3.35. The maximum atomic E-state index is 11.7. The van der Waals surface area contributed by atoms with Crippen LogP contribution in [0.2, 0.25) is 0 Å². The molecule has 2 nitrogen and oxygen atoms in total. The highest BCUT2D eigenvalue weighted by atomic mass is 16.2. The molecule has 14 heavy (non-hydrogen) atoms. The molecule has 1 amide bonds. The van der Waals surface area contributed by atoms with E-state index in [0.717, 1.165) is 31.2 Å². The van der Waals surface area contributed by atoms with E-state index >= 15 is 0 Å². The van der Waals surface area contributed by atoms with Crippen molar-refractivity contribution in [2.24, 2.45) is 17.3 Å². The zero-order valence-electron chi connectivity index (χ0n) is 9.89. The fourth-order valence-electron chi connectivity index (χ4n) is 2.08. The fourth-order valence-corrected chi connectivity index (χ4v) is 2.08. The van der Waals surface area contributed by atoms with E-state index in [1.807, 2.05) is 13.8 Å². The minimum absolute atomic E-state index is 0.173. The molecule has 1 rings (SSSR count). The van der Waals surface area contributed by atoms with Gasteiger partial charge in [0, 0.05) is 12.0 Å². The van der Waals surface area contributed by atoms with Crippen molar-refractivity contribution in [1.29, 1.82) is 0 Å². The average Bonchev–Trinajstić information content (AvgIpc) is 2.07. The van der Waals surface area contributed by atoms with Crippen LogP contribution >= 0.6 is 0 Å². The van der Waals surface area contributed by atoms with E-state index in [-0.39, 0.29) is 11.3 Å². The van der Waals surface area contributed by atoms with Crippen molar-refractivity contribution in [2.45, 2.75) is 47.0 Å². The van der Waals surface area contributed by atoms with Gasteiger partial charge >= 0.3 is 0 Å². The lowest BCUT2D eigenvalue weighted by Crippen LogP contribution is -2.40. The maximum absolute atomic E-state index is 11.7. The quantitative estimate of drug-likeness (QED) is 0.688. The van der Waals surface area contributed by atoms with E-state index in [2.05, 4.69) is 19.2 Å². The SMILES string of the molecule is CC(C)C1CCNC(=O)C(C)(C)CC1. The summed E-state index contributed by atoms with van der Waals surface area (Å²) in [6.45, 7) is 9.50. The van der Waals surface area contributed by atoms with Gasteiger partial charge in [-0.2, -0.15) is 0 Å². The zero-order chi connectivity index (χ0) is 10.8. The minimum Gasteiger partial charge on any atom is -0.356 e. The fraction of sp³-hybridized carbons (Fsp3) is 0.917. The van der Waals surface area contributed by atoms with Crippen molar-refractivity contribution in [3.05, 3.63) is 0 Å². The largest absolute Gasteiger partial charge is 0.356 e. The summed E-state index contributed by atoms with van der Waals surface area (Å²) >= 11 is 0. The maximum Gasteiger partial charge on any atom is 0.225 e. The molecule has 1 N–H and O–H groups in total. The molecule has 0 aliphatic carbocycles. The number of hydrogen-bond donors (Lipinski definition) is 1. The minimum atomic E-state index is -0.173. The number of hydrogen-bond acceptors (Lipinski definition) is 1. The van der Waals surface area contributed by atoms with Crippen molar-refractivity contribution in [2.75, 3.05) is 6.54 Å². The van der Waals surface area contributed by atoms with Crippen molar-refractivity contribution >= 4 is 5.91 Å². The van der Waals surface area contributed by atoms with Crippen LogP contribution in [0.4, 0.5) is 0 Å². The lowest BCUT2D eigenvalue weighted by atomic mass is 9.78. The first-order chi connectivity index (χ1) is 6.43. The van der Waals surface area contributed by atoms with Gasteiger partial charge in [-0.3, -0.25) is 4.79 Å². The molecule has 1 fully saturated rings. The number of carbonyl (C=O) groups is 1. The normalized spacial score (nSPS) is 28.1. The molecule has 0 spiro atoms. The van der Waals surface area contributed by atoms with Crippen LogP contribution in [0.1, 0.15) is 47.0 Å². The molecule has 1 aliphatic rings. The van der Waals surface area contributed by atoms with E-state index in [9.17, 15) is 4.79 Å². The summed E-state index contributed by atoms with van der Waals surface area (Å²) in [7, 11) is 0. The Morgan fingerprint density at radius 1 is 1.36 bits per heavy atom. The second-order valence-corrected chi connectivity index (χ2v) is 5.47. The number of nitrogens with one attached hydrogen (secondary N) is 1. The third kappa shape index (κ3) is 2.73. The standard InChI is InChI=1S/C12H23NO/c1-9(2)10-5-7-12(3,4)11(14)13-8-6-10/h9-10H,5-8H2,1-4H3,(H,13,14). The van der Waals surface area contributed by atoms with Gasteiger partial charge in [-0.1, -0.05) is 27.7 Å². The van der Waals surface area contributed by atoms with Crippen molar-refractivity contribution in [3.8, 4) is 0 Å². The Kier molecular flexibility index (Phi) is 3.57. The molecule has 0 bridgehead atoms. The van der Waals surface area contributed by atoms with E-state index in [0.29, 0.717) is 0 Å². The zero-order valence-corrected chi connectivity index (χ0v) is 9.89. The monoisotopic (exact) mass is 197 g/mol. The lowest BCUT2D eigenvalue weighted by Gasteiger charge is -2.31. The Labute approximate surface area is 87.5 Å². The van der Waals surface area contributed by atoms with Crippen LogP contribution in [0.5, 0.6) is 0 Å². The Bertz CT molecular complexity index is 208. The van der Waals surface area contributed by atoms with Crippen LogP contribution in [-0.4, -0.2) is 12.5 Å². The van der Waals surface area contributed by atoms with Crippen LogP contribution in [0, 0.1) is 17.3 Å². The third-order valence-electron chi connectivity index (χ3n) is 3.50. The molecule has 0 aromatic carbocycles. The average molecular weight is 197 g/mol. The third-order valence-corrected chi connectivity index (χ3v) is 3.50. The molecule has 1 heterocycles. The van der Waals surface area contributed by atoms with Crippen LogP contribution in [0.3, 0.4) is 0 Å². The van der Waals surface area contributed by atoms with E-state index in [4.69, 9.17) is 0 Å². The highest BCUT2D eigenvalue weighted by molar-refractivity contribution is 5.81. The molecular formula is C12H23NO. The van der Waals surface area contributed by atoms with Crippen LogP contribution in [-0.2, 0) is 4.79 Å². The smallest absolute Gasteiger partial charge is 0.225 e. The summed E-state index contributed by atoms with van der Waals surface area (Å²) in [5.74, 6) is 1.73. The van der Waals surface area contributed by atoms with Gasteiger partial charge in [0.15, 0.2) is 0 Å². The van der Waals surface area contributed by atoms with Gasteiger partial charge < -0.3 is 5.32 Å². The second kappa shape index (κ2) is 4.33. The molecule has 82 valence electrons. The summed E-state index contributed by atoms with van der Waals surface area (Å²) in [4.78, 5) is 11.7. The Hall–Kier alpha value is -0.530. The molecule has 0 radical (unpaired) electrons. The molecule has 0 aromatic heterocycles. The van der Waals surface area contributed by atoms with Crippen molar-refractivity contribution in [3.63, 3.8) is 0 Å². The lowest BCUT2D eigenvalue weighted by molar-refractivity contribution is -0.130. The molecule has 1 saturated heterocycles. The Morgan fingerprint density at radius 2 is 2.00 bits per heavy atom.